The summed E-state index contributed by atoms with van der Waals surface area (Å²) >= 11 is 0. The second-order valence-corrected chi connectivity index (χ2v) is 13.4. The first-order chi connectivity index (χ1) is 19.3. The summed E-state index contributed by atoms with van der Waals surface area (Å²) in [5.74, 6) is 2.11. The van der Waals surface area contributed by atoms with Crippen molar-refractivity contribution in [2.45, 2.75) is 76.5 Å². The Hall–Kier alpha value is -2.78. The molecule has 3 aliphatic carbocycles. The van der Waals surface area contributed by atoms with Gasteiger partial charge in [-0.05, 0) is 36.8 Å². The molecule has 2 aromatic rings. The molecule has 3 saturated carbocycles. The van der Waals surface area contributed by atoms with Gasteiger partial charge in [-0.1, -0.05) is 39.0 Å². The molecule has 2 aromatic heterocycles. The molecule has 2 aliphatic heterocycles. The van der Waals surface area contributed by atoms with E-state index in [4.69, 9.17) is 9.72 Å². The number of anilines is 1. The largest absolute Gasteiger partial charge is 0.374 e. The number of pyridine rings is 1. The van der Waals surface area contributed by atoms with Crippen LogP contribution in [0, 0.1) is 23.2 Å². The molecule has 2 amide bonds. The molecule has 0 spiro atoms. The summed E-state index contributed by atoms with van der Waals surface area (Å²) in [6, 6.07) is 5.57. The lowest BCUT2D eigenvalue weighted by atomic mass is 9.64. The van der Waals surface area contributed by atoms with Crippen LogP contribution in [0.5, 0.6) is 0 Å². The fourth-order valence-electron chi connectivity index (χ4n) is 8.68. The van der Waals surface area contributed by atoms with E-state index in [0.717, 1.165) is 50.5 Å². The zero-order valence-electron chi connectivity index (χ0n) is 24.1. The molecule has 5 fully saturated rings. The predicted octanol–water partition coefficient (Wildman–Crippen LogP) is 3.68. The number of carbonyl (C=O) groups is 2. The standard InChI is InChI=1S/C31H42N6O3/c1-31-17-25(31)37(3,22-11-12-26(32-18-22)36-15-16-40-24(19-36)20-7-4-5-8-20)30(39)28(27(31)21-9-6-10-21)34-29(38)23-13-14-33-35(23)2/h11-14,18,20-21,24-25,27-28H,4-10,15-17,19H2,1-3H3/p+1/t24?,25?,27?,28-,31?,37?/m0/s1. The number of fused-ring (bicyclic) bond motifs is 1. The highest BCUT2D eigenvalue weighted by Crippen LogP contribution is 2.65. The van der Waals surface area contributed by atoms with Gasteiger partial charge in [0, 0.05) is 50.2 Å². The van der Waals surface area contributed by atoms with Crippen LogP contribution >= 0.6 is 0 Å². The third-order valence-corrected chi connectivity index (χ3v) is 11.3. The summed E-state index contributed by atoms with van der Waals surface area (Å²) in [4.78, 5) is 35.2. The minimum atomic E-state index is -0.535. The van der Waals surface area contributed by atoms with Gasteiger partial charge in [-0.25, -0.2) is 14.3 Å². The molecule has 5 aliphatic rings. The van der Waals surface area contributed by atoms with E-state index in [1.165, 1.54) is 32.1 Å². The average Bonchev–Trinajstić information content (AvgIpc) is 3.28. The van der Waals surface area contributed by atoms with Crippen LogP contribution in [0.25, 0.3) is 0 Å². The summed E-state index contributed by atoms with van der Waals surface area (Å²) in [6.45, 7) is 4.80. The highest BCUT2D eigenvalue weighted by molar-refractivity contribution is 6.01. The number of hydrogen-bond donors (Lipinski definition) is 1. The summed E-state index contributed by atoms with van der Waals surface area (Å²) in [7, 11) is 3.80. The molecule has 214 valence electrons. The lowest BCUT2D eigenvalue weighted by molar-refractivity contribution is -0.140. The van der Waals surface area contributed by atoms with Gasteiger partial charge in [0.05, 0.1) is 26.0 Å². The minimum absolute atomic E-state index is 0.00946. The lowest BCUT2D eigenvalue weighted by Crippen LogP contribution is -2.69. The van der Waals surface area contributed by atoms with E-state index in [9.17, 15) is 9.59 Å². The van der Waals surface area contributed by atoms with Crippen LogP contribution in [0.2, 0.25) is 0 Å². The molecule has 7 rings (SSSR count). The van der Waals surface area contributed by atoms with Crippen LogP contribution in [0.15, 0.2) is 30.6 Å². The van der Waals surface area contributed by atoms with Crippen molar-refractivity contribution in [2.24, 2.45) is 30.2 Å². The molecule has 4 heterocycles. The monoisotopic (exact) mass is 547 g/mol. The van der Waals surface area contributed by atoms with E-state index in [1.807, 2.05) is 13.2 Å². The highest BCUT2D eigenvalue weighted by atomic mass is 16.5. The van der Waals surface area contributed by atoms with E-state index in [2.05, 4.69) is 34.4 Å². The molecule has 2 saturated heterocycles. The number of rotatable bonds is 6. The molecule has 0 bridgehead atoms. The van der Waals surface area contributed by atoms with E-state index in [-0.39, 0.29) is 39.8 Å². The number of aromatic nitrogens is 3. The number of ether oxygens (including phenoxy) is 1. The normalized spacial score (nSPS) is 36.3. The van der Waals surface area contributed by atoms with Crippen LogP contribution in [-0.2, 0) is 16.6 Å². The molecular weight excluding hydrogens is 504 g/mol. The van der Waals surface area contributed by atoms with Gasteiger partial charge in [-0.3, -0.25) is 9.48 Å². The van der Waals surface area contributed by atoms with E-state index >= 15 is 0 Å². The quantitative estimate of drug-likeness (QED) is 0.555. The SMILES string of the molecule is Cn1nccc1C(=O)N[C@@H]1C(=O)[N+](C)(c2ccc(N3CCOC(C4CCCC4)C3)nc2)C2CC2(C)C1C1CCC1. The Kier molecular flexibility index (Phi) is 6.31. The maximum Gasteiger partial charge on any atom is 0.341 e. The molecule has 6 atom stereocenters. The van der Waals surface area contributed by atoms with Crippen molar-refractivity contribution in [2.75, 3.05) is 31.6 Å². The van der Waals surface area contributed by atoms with Crippen molar-refractivity contribution in [1.82, 2.24) is 24.6 Å². The molecule has 0 radical (unpaired) electrons. The zero-order valence-corrected chi connectivity index (χ0v) is 24.1. The number of amides is 2. The van der Waals surface area contributed by atoms with Crippen LogP contribution in [0.4, 0.5) is 11.5 Å². The first-order valence-corrected chi connectivity index (χ1v) is 15.3. The van der Waals surface area contributed by atoms with Crippen LogP contribution in [0.1, 0.15) is 68.8 Å². The Morgan fingerprint density at radius 1 is 1.12 bits per heavy atom. The first kappa shape index (κ1) is 26.1. The number of hydrogen-bond acceptors (Lipinski definition) is 6. The van der Waals surface area contributed by atoms with Crippen molar-refractivity contribution >= 4 is 23.3 Å². The van der Waals surface area contributed by atoms with Gasteiger partial charge in [0.25, 0.3) is 5.91 Å². The van der Waals surface area contributed by atoms with Crippen molar-refractivity contribution in [1.29, 1.82) is 0 Å². The molecule has 40 heavy (non-hydrogen) atoms. The number of likely N-dealkylation sites (N-methyl/N-ethyl adjacent to an activating group) is 1. The second kappa shape index (κ2) is 9.65. The van der Waals surface area contributed by atoms with Crippen LogP contribution in [0.3, 0.4) is 0 Å². The topological polar surface area (TPSA) is 89.4 Å². The fourth-order valence-corrected chi connectivity index (χ4v) is 8.68. The zero-order chi connectivity index (χ0) is 27.6. The Morgan fingerprint density at radius 3 is 2.55 bits per heavy atom. The van der Waals surface area contributed by atoms with Crippen molar-refractivity contribution in [3.63, 3.8) is 0 Å². The third-order valence-electron chi connectivity index (χ3n) is 11.3. The van der Waals surface area contributed by atoms with Gasteiger partial charge in [0.15, 0.2) is 5.69 Å². The molecule has 0 aromatic carbocycles. The molecule has 9 nitrogen and oxygen atoms in total. The number of carbonyl (C=O) groups excluding carboxylic acids is 2. The van der Waals surface area contributed by atoms with E-state index in [1.54, 1.807) is 24.0 Å². The number of quaternary nitrogens is 1. The van der Waals surface area contributed by atoms with Gasteiger partial charge in [0.2, 0.25) is 0 Å². The second-order valence-electron chi connectivity index (χ2n) is 13.4. The predicted molar refractivity (Wildman–Crippen MR) is 153 cm³/mol. The summed E-state index contributed by atoms with van der Waals surface area (Å²) in [5, 5.41) is 7.37. The Balaban J connectivity index is 1.16. The number of likely N-dealkylation sites (tertiary alicyclic amines) is 1. The summed E-state index contributed by atoms with van der Waals surface area (Å²) in [6.07, 6.45) is 13.5. The number of piperidine rings is 1. The Bertz CT molecular complexity index is 1280. The molecule has 5 unspecified atom stereocenters. The van der Waals surface area contributed by atoms with Crippen molar-refractivity contribution < 1.29 is 14.3 Å². The number of nitrogens with zero attached hydrogens (tertiary/aromatic N) is 5. The van der Waals surface area contributed by atoms with Crippen LogP contribution < -0.4 is 14.7 Å². The van der Waals surface area contributed by atoms with E-state index in [0.29, 0.717) is 17.5 Å². The summed E-state index contributed by atoms with van der Waals surface area (Å²) in [5.41, 5.74) is 1.40. The van der Waals surface area contributed by atoms with Gasteiger partial charge in [-0.15, -0.1) is 0 Å². The Morgan fingerprint density at radius 2 is 1.90 bits per heavy atom. The highest BCUT2D eigenvalue weighted by Gasteiger charge is 2.75. The third kappa shape index (κ3) is 4.03. The van der Waals surface area contributed by atoms with Crippen molar-refractivity contribution in [3.8, 4) is 0 Å². The average molecular weight is 548 g/mol. The van der Waals surface area contributed by atoms with Crippen LogP contribution in [-0.4, -0.2) is 71.5 Å². The first-order valence-electron chi connectivity index (χ1n) is 15.3. The lowest BCUT2D eigenvalue weighted by Gasteiger charge is -2.49. The number of nitrogens with one attached hydrogen (secondary N) is 1. The molecule has 1 N–H and O–H groups in total. The smallest absolute Gasteiger partial charge is 0.341 e. The maximum absolute atomic E-state index is 14.5. The fraction of sp³-hybridized carbons (Fsp3) is 0.677. The minimum Gasteiger partial charge on any atom is -0.374 e. The van der Waals surface area contributed by atoms with Gasteiger partial charge < -0.3 is 15.0 Å². The van der Waals surface area contributed by atoms with Gasteiger partial charge in [-0.2, -0.15) is 5.10 Å². The van der Waals surface area contributed by atoms with Gasteiger partial charge >= 0.3 is 5.91 Å². The number of morpholine rings is 1. The molecule has 9 heteroatoms. The van der Waals surface area contributed by atoms with E-state index < -0.39 is 6.04 Å². The molecular formula is C31H43N6O3+. The number of aryl methyl sites for hydroxylation is 1. The maximum atomic E-state index is 14.5. The van der Waals surface area contributed by atoms with Crippen molar-refractivity contribution in [3.05, 3.63) is 36.3 Å². The van der Waals surface area contributed by atoms with Gasteiger partial charge in [0.1, 0.15) is 23.6 Å². The summed E-state index contributed by atoms with van der Waals surface area (Å²) < 4.78 is 7.92. The Labute approximate surface area is 236 Å².